The topological polar surface area (TPSA) is 47.6 Å². The van der Waals surface area contributed by atoms with E-state index in [1.165, 1.54) is 6.92 Å². The molecule has 0 aromatic heterocycles. The van der Waals surface area contributed by atoms with Crippen LogP contribution in [0.15, 0.2) is 53.0 Å². The maximum Gasteiger partial charge on any atom is 0.168 e. The van der Waals surface area contributed by atoms with Crippen LogP contribution in [0.4, 0.5) is 13.2 Å². The van der Waals surface area contributed by atoms with Crippen molar-refractivity contribution in [2.75, 3.05) is 0 Å². The predicted octanol–water partition coefficient (Wildman–Crippen LogP) is 7.12. The van der Waals surface area contributed by atoms with Gasteiger partial charge in [-0.15, -0.1) is 6.58 Å². The van der Waals surface area contributed by atoms with E-state index in [0.29, 0.717) is 12.2 Å². The molecular formula is C23H33F3N2O. The summed E-state index contributed by atoms with van der Waals surface area (Å²) in [6.07, 6.45) is 7.56. The van der Waals surface area contributed by atoms with Crippen molar-refractivity contribution in [3.8, 4) is 0 Å². The van der Waals surface area contributed by atoms with Gasteiger partial charge in [0.2, 0.25) is 0 Å². The standard InChI is InChI=1S/C19H25F3N2O.C4H8/c1-5-16(19(23)24-11-7-6-8-12(2)3)25-13(4)17-14(20)9-10-15(21)18(17)22;1-3-4-2/h9-11,13H,2,5-8,23H2,1,3-4H3;3-4H,1-2H3/b19-16+,24-11-;4-3-. The minimum absolute atomic E-state index is 0.141. The fourth-order valence-electron chi connectivity index (χ4n) is 2.24. The first-order valence-electron chi connectivity index (χ1n) is 9.72. The Hall–Kier alpha value is -2.50. The summed E-state index contributed by atoms with van der Waals surface area (Å²) in [6, 6.07) is 1.60. The van der Waals surface area contributed by atoms with Crippen molar-refractivity contribution in [3.63, 3.8) is 0 Å². The van der Waals surface area contributed by atoms with Crippen LogP contribution in [-0.4, -0.2) is 6.21 Å². The third-order valence-electron chi connectivity index (χ3n) is 3.91. The Morgan fingerprint density at radius 1 is 1.21 bits per heavy atom. The van der Waals surface area contributed by atoms with Gasteiger partial charge in [0.15, 0.2) is 17.5 Å². The molecule has 29 heavy (non-hydrogen) atoms. The molecule has 0 amide bonds. The maximum absolute atomic E-state index is 13.8. The lowest BCUT2D eigenvalue weighted by atomic mass is 10.1. The Kier molecular flexibility index (Phi) is 13.2. The molecule has 6 heteroatoms. The molecule has 1 aromatic carbocycles. The average molecular weight is 411 g/mol. The quantitative estimate of drug-likeness (QED) is 0.155. The summed E-state index contributed by atoms with van der Waals surface area (Å²) < 4.78 is 46.5. The van der Waals surface area contributed by atoms with Crippen LogP contribution in [0.25, 0.3) is 0 Å². The monoisotopic (exact) mass is 410 g/mol. The fourth-order valence-corrected chi connectivity index (χ4v) is 2.24. The first-order chi connectivity index (χ1) is 13.7. The van der Waals surface area contributed by atoms with Crippen LogP contribution < -0.4 is 5.73 Å². The molecule has 0 radical (unpaired) electrons. The van der Waals surface area contributed by atoms with Gasteiger partial charge < -0.3 is 10.5 Å². The van der Waals surface area contributed by atoms with Crippen LogP contribution in [0, 0.1) is 17.5 Å². The van der Waals surface area contributed by atoms with E-state index in [-0.39, 0.29) is 5.82 Å². The normalized spacial score (nSPS) is 13.1. The number of unbranched alkanes of at least 4 members (excludes halogenated alkanes) is 1. The van der Waals surface area contributed by atoms with Crippen molar-refractivity contribution in [3.05, 3.63) is 71.0 Å². The third-order valence-corrected chi connectivity index (χ3v) is 3.91. The lowest BCUT2D eigenvalue weighted by molar-refractivity contribution is 0.116. The maximum atomic E-state index is 13.8. The molecule has 0 bridgehead atoms. The smallest absolute Gasteiger partial charge is 0.168 e. The minimum Gasteiger partial charge on any atom is -0.486 e. The first-order valence-corrected chi connectivity index (χ1v) is 9.72. The van der Waals surface area contributed by atoms with Crippen molar-refractivity contribution < 1.29 is 17.9 Å². The van der Waals surface area contributed by atoms with Crippen molar-refractivity contribution in [2.45, 2.75) is 66.4 Å². The number of ether oxygens (including phenoxy) is 1. The Morgan fingerprint density at radius 2 is 1.79 bits per heavy atom. The van der Waals surface area contributed by atoms with Crippen LogP contribution in [-0.2, 0) is 4.74 Å². The molecule has 0 fully saturated rings. The van der Waals surface area contributed by atoms with E-state index < -0.39 is 29.1 Å². The number of hydrogen-bond acceptors (Lipinski definition) is 3. The fraction of sp³-hybridized carbons (Fsp3) is 0.435. The number of hydrogen-bond donors (Lipinski definition) is 1. The average Bonchev–Trinajstić information content (AvgIpc) is 2.68. The Bertz CT molecular complexity index is 736. The summed E-state index contributed by atoms with van der Waals surface area (Å²) in [5.74, 6) is -2.82. The number of aliphatic imine (C=N–C) groups is 1. The van der Waals surface area contributed by atoms with Crippen LogP contribution >= 0.6 is 0 Å². The number of nitrogens with two attached hydrogens (primary N) is 1. The molecule has 1 unspecified atom stereocenters. The first kappa shape index (κ1) is 26.5. The summed E-state index contributed by atoms with van der Waals surface area (Å²) in [4.78, 5) is 4.12. The molecule has 3 nitrogen and oxygen atoms in total. The molecule has 162 valence electrons. The Labute approximate surface area is 172 Å². The van der Waals surface area contributed by atoms with E-state index in [2.05, 4.69) is 11.6 Å². The second-order valence-electron chi connectivity index (χ2n) is 6.51. The zero-order chi connectivity index (χ0) is 22.4. The molecule has 0 heterocycles. The SMILES string of the molecule is C/C=C\C.C=C(C)CCC/C=N\C(N)=C(/CC)OC(C)c1c(F)ccc(F)c1F. The summed E-state index contributed by atoms with van der Waals surface area (Å²) in [6.45, 7) is 13.0. The van der Waals surface area contributed by atoms with E-state index in [0.717, 1.165) is 37.0 Å². The highest BCUT2D eigenvalue weighted by Crippen LogP contribution is 2.28. The van der Waals surface area contributed by atoms with Crippen molar-refractivity contribution >= 4 is 6.21 Å². The second kappa shape index (κ2) is 14.5. The molecular weight excluding hydrogens is 377 g/mol. The van der Waals surface area contributed by atoms with Crippen LogP contribution in [0.2, 0.25) is 0 Å². The molecule has 1 aromatic rings. The van der Waals surface area contributed by atoms with Gasteiger partial charge in [0.05, 0.1) is 5.56 Å². The van der Waals surface area contributed by atoms with Crippen LogP contribution in [0.1, 0.15) is 72.0 Å². The number of benzene rings is 1. The highest BCUT2D eigenvalue weighted by atomic mass is 19.2. The molecule has 0 saturated heterocycles. The van der Waals surface area contributed by atoms with Gasteiger partial charge in [-0.3, -0.25) is 0 Å². The van der Waals surface area contributed by atoms with Crippen molar-refractivity contribution in [1.29, 1.82) is 0 Å². The highest BCUT2D eigenvalue weighted by Gasteiger charge is 2.22. The Morgan fingerprint density at radius 3 is 2.31 bits per heavy atom. The van der Waals surface area contributed by atoms with Gasteiger partial charge in [0.25, 0.3) is 0 Å². The summed E-state index contributed by atoms with van der Waals surface area (Å²) in [5, 5.41) is 0. The highest BCUT2D eigenvalue weighted by molar-refractivity contribution is 5.58. The summed E-state index contributed by atoms with van der Waals surface area (Å²) in [5.41, 5.74) is 6.51. The van der Waals surface area contributed by atoms with Crippen LogP contribution in [0.3, 0.4) is 0 Å². The minimum atomic E-state index is -1.26. The zero-order valence-corrected chi connectivity index (χ0v) is 18.1. The van der Waals surface area contributed by atoms with Gasteiger partial charge in [-0.2, -0.15) is 0 Å². The molecule has 0 saturated carbocycles. The second-order valence-corrected chi connectivity index (χ2v) is 6.51. The summed E-state index contributed by atoms with van der Waals surface area (Å²) in [7, 11) is 0. The van der Waals surface area contributed by atoms with Gasteiger partial charge in [-0.05, 0) is 59.1 Å². The van der Waals surface area contributed by atoms with Gasteiger partial charge in [0.1, 0.15) is 17.7 Å². The molecule has 1 rings (SSSR count). The van der Waals surface area contributed by atoms with Gasteiger partial charge in [-0.1, -0.05) is 24.6 Å². The van der Waals surface area contributed by atoms with E-state index in [9.17, 15) is 13.2 Å². The lowest BCUT2D eigenvalue weighted by Crippen LogP contribution is -2.10. The molecule has 1 atom stereocenters. The number of allylic oxidation sites excluding steroid dienone is 4. The van der Waals surface area contributed by atoms with Gasteiger partial charge in [0, 0.05) is 12.6 Å². The number of halogens is 3. The predicted molar refractivity (Wildman–Crippen MR) is 115 cm³/mol. The van der Waals surface area contributed by atoms with Gasteiger partial charge in [-0.25, -0.2) is 18.2 Å². The van der Waals surface area contributed by atoms with E-state index in [1.54, 1.807) is 13.1 Å². The van der Waals surface area contributed by atoms with E-state index >= 15 is 0 Å². The van der Waals surface area contributed by atoms with Crippen molar-refractivity contribution in [2.24, 2.45) is 10.7 Å². The Balaban J connectivity index is 0.00000178. The molecule has 0 spiro atoms. The van der Waals surface area contributed by atoms with Crippen molar-refractivity contribution in [1.82, 2.24) is 0 Å². The van der Waals surface area contributed by atoms with E-state index in [4.69, 9.17) is 10.5 Å². The molecule has 0 aliphatic rings. The van der Waals surface area contributed by atoms with Gasteiger partial charge >= 0.3 is 0 Å². The molecule has 0 aliphatic carbocycles. The third kappa shape index (κ3) is 10.0. The van der Waals surface area contributed by atoms with E-state index in [1.807, 2.05) is 32.9 Å². The van der Waals surface area contributed by atoms with Crippen LogP contribution in [0.5, 0.6) is 0 Å². The summed E-state index contributed by atoms with van der Waals surface area (Å²) >= 11 is 0. The lowest BCUT2D eigenvalue weighted by Gasteiger charge is -2.19. The largest absolute Gasteiger partial charge is 0.486 e. The zero-order valence-electron chi connectivity index (χ0n) is 18.1. The molecule has 0 aliphatic heterocycles. The number of nitrogens with zero attached hydrogens (tertiary/aromatic N) is 1. The number of rotatable bonds is 9. The molecule has 2 N–H and O–H groups in total.